The zero-order chi connectivity index (χ0) is 28.0. The number of rotatable bonds is 11. The third-order valence-electron chi connectivity index (χ3n) is 6.56. The smallest absolute Gasteiger partial charge is 0.254 e. The summed E-state index contributed by atoms with van der Waals surface area (Å²) in [6, 6.07) is 18.5. The monoisotopic (exact) mass is 552 g/mol. The Morgan fingerprint density at radius 3 is 2.73 bits per heavy atom. The molecule has 1 amide bonds. The lowest BCUT2D eigenvalue weighted by Crippen LogP contribution is -2.24. The van der Waals surface area contributed by atoms with Crippen molar-refractivity contribution in [3.63, 3.8) is 0 Å². The number of anilines is 2. The third kappa shape index (κ3) is 7.49. The Kier molecular flexibility index (Phi) is 8.48. The minimum Gasteiger partial charge on any atom is -0.360 e. The van der Waals surface area contributed by atoms with Crippen molar-refractivity contribution < 1.29 is 9.53 Å². The average Bonchev–Trinajstić information content (AvgIpc) is 3.48. The molecule has 2 aromatic carbocycles. The van der Waals surface area contributed by atoms with Crippen LogP contribution < -0.4 is 10.6 Å². The number of ether oxygens (including phenoxy) is 1. The molecule has 9 heteroatoms. The van der Waals surface area contributed by atoms with E-state index in [9.17, 15) is 4.79 Å². The first-order valence-electron chi connectivity index (χ1n) is 13.7. The molecule has 0 spiro atoms. The maximum Gasteiger partial charge on any atom is 0.254 e. The summed E-state index contributed by atoms with van der Waals surface area (Å²) in [4.78, 5) is 12.9. The summed E-state index contributed by atoms with van der Waals surface area (Å²) in [6.07, 6.45) is 7.86. The summed E-state index contributed by atoms with van der Waals surface area (Å²) in [5.74, 6) is 6.60. The van der Waals surface area contributed by atoms with Crippen LogP contribution in [0.2, 0.25) is 25.7 Å². The van der Waals surface area contributed by atoms with E-state index in [0.29, 0.717) is 31.4 Å². The van der Waals surface area contributed by atoms with E-state index in [1.807, 2.05) is 71.7 Å². The molecule has 1 aliphatic rings. The number of amides is 1. The number of para-hydroxylation sites is 1. The van der Waals surface area contributed by atoms with Crippen LogP contribution in [-0.2, 0) is 11.5 Å². The van der Waals surface area contributed by atoms with Crippen molar-refractivity contribution in [2.24, 2.45) is 11.0 Å². The van der Waals surface area contributed by atoms with E-state index in [1.165, 1.54) is 12.8 Å². The molecule has 206 valence electrons. The molecule has 5 rings (SSSR count). The third-order valence-corrected chi connectivity index (χ3v) is 8.27. The first kappa shape index (κ1) is 27.4. The maximum absolute atomic E-state index is 12.9. The van der Waals surface area contributed by atoms with E-state index >= 15 is 0 Å². The zero-order valence-corrected chi connectivity index (χ0v) is 24.4. The second kappa shape index (κ2) is 12.4. The van der Waals surface area contributed by atoms with E-state index in [4.69, 9.17) is 9.84 Å². The number of hydrogen-bond acceptors (Lipinski definition) is 5. The van der Waals surface area contributed by atoms with Crippen molar-refractivity contribution in [2.75, 3.05) is 18.5 Å². The summed E-state index contributed by atoms with van der Waals surface area (Å²) >= 11 is 0. The molecule has 2 heterocycles. The van der Waals surface area contributed by atoms with Gasteiger partial charge in [0.05, 0.1) is 29.5 Å². The van der Waals surface area contributed by atoms with Gasteiger partial charge in [-0.2, -0.15) is 10.2 Å². The van der Waals surface area contributed by atoms with E-state index in [2.05, 4.69) is 47.2 Å². The van der Waals surface area contributed by atoms with Gasteiger partial charge in [0.2, 0.25) is 0 Å². The van der Waals surface area contributed by atoms with E-state index in [-0.39, 0.29) is 5.91 Å². The van der Waals surface area contributed by atoms with Gasteiger partial charge in [0.1, 0.15) is 12.4 Å². The number of nitrogens with zero attached hydrogens (tertiary/aromatic N) is 4. The van der Waals surface area contributed by atoms with Crippen LogP contribution in [0.15, 0.2) is 72.1 Å². The van der Waals surface area contributed by atoms with Crippen molar-refractivity contribution in [3.05, 3.63) is 78.2 Å². The normalized spacial score (nSPS) is 13.4. The standard InChI is InChI=1S/C31H36N6O2Si/c1-40(2,3)20-19-39-23-37-30-21-25(14-15-26(30)29(35-37)22-33-36-17-6-7-18-36)34-28-11-5-4-10-27(28)31(38)32-16-8-9-24-12-13-24/h4-7,10-11,14-15,17-18,21-22,24,34H,12-13,16,19-20,23H2,1-3H3,(H,32,38)/b33-22+. The minimum atomic E-state index is -1.20. The molecule has 1 aliphatic carbocycles. The van der Waals surface area contributed by atoms with E-state index < -0.39 is 8.07 Å². The Hall–Kier alpha value is -4.13. The highest BCUT2D eigenvalue weighted by Crippen LogP contribution is 2.28. The molecule has 0 unspecified atom stereocenters. The van der Waals surface area contributed by atoms with Crippen LogP contribution in [0, 0.1) is 17.8 Å². The molecule has 0 atom stereocenters. The van der Waals surface area contributed by atoms with Crippen molar-refractivity contribution >= 4 is 42.5 Å². The average molecular weight is 553 g/mol. The van der Waals surface area contributed by atoms with Crippen LogP contribution in [0.5, 0.6) is 0 Å². The summed E-state index contributed by atoms with van der Waals surface area (Å²) in [5, 5.41) is 16.6. The zero-order valence-electron chi connectivity index (χ0n) is 23.4. The lowest BCUT2D eigenvalue weighted by atomic mass is 10.1. The molecule has 40 heavy (non-hydrogen) atoms. The molecule has 8 nitrogen and oxygen atoms in total. The highest BCUT2D eigenvalue weighted by atomic mass is 28.3. The fourth-order valence-electron chi connectivity index (χ4n) is 4.11. The van der Waals surface area contributed by atoms with Gasteiger partial charge < -0.3 is 15.4 Å². The minimum absolute atomic E-state index is 0.154. The van der Waals surface area contributed by atoms with Gasteiger partial charge in [-0.3, -0.25) is 4.79 Å². The predicted molar refractivity (Wildman–Crippen MR) is 164 cm³/mol. The molecular formula is C31H36N6O2Si. The number of fused-ring (bicyclic) bond motifs is 1. The number of carbonyl (C=O) groups excluding carboxylic acids is 1. The first-order chi connectivity index (χ1) is 19.4. The van der Waals surface area contributed by atoms with Crippen LogP contribution in [-0.4, -0.2) is 47.8 Å². The lowest BCUT2D eigenvalue weighted by molar-refractivity contribution is 0.0816. The van der Waals surface area contributed by atoms with Crippen molar-refractivity contribution in [1.82, 2.24) is 19.8 Å². The highest BCUT2D eigenvalue weighted by molar-refractivity contribution is 6.76. The lowest BCUT2D eigenvalue weighted by Gasteiger charge is -2.15. The van der Waals surface area contributed by atoms with Crippen LogP contribution in [0.4, 0.5) is 11.4 Å². The van der Waals surface area contributed by atoms with Gasteiger partial charge >= 0.3 is 0 Å². The van der Waals surface area contributed by atoms with Crippen LogP contribution in [0.3, 0.4) is 0 Å². The number of aromatic nitrogens is 3. The van der Waals surface area contributed by atoms with Gasteiger partial charge in [-0.15, -0.1) is 0 Å². The Balaban J connectivity index is 1.37. The van der Waals surface area contributed by atoms with E-state index in [0.717, 1.165) is 34.0 Å². The highest BCUT2D eigenvalue weighted by Gasteiger charge is 2.18. The topological polar surface area (TPSA) is 85.5 Å². The van der Waals surface area contributed by atoms with Gasteiger partial charge in [0.25, 0.3) is 5.91 Å². The summed E-state index contributed by atoms with van der Waals surface area (Å²) < 4.78 is 9.66. The van der Waals surface area contributed by atoms with Gasteiger partial charge in [0.15, 0.2) is 0 Å². The SMILES string of the molecule is C[Si](C)(C)CCOCn1nc(/C=N/n2cccc2)c2ccc(Nc3ccccc3C(=O)NCC#CC3CC3)cc21. The Labute approximate surface area is 236 Å². The fraction of sp³-hybridized carbons (Fsp3) is 0.323. The van der Waals surface area contributed by atoms with Crippen LogP contribution >= 0.6 is 0 Å². The first-order valence-corrected chi connectivity index (χ1v) is 17.4. The maximum atomic E-state index is 12.9. The quantitative estimate of drug-likeness (QED) is 0.105. The number of carbonyl (C=O) groups is 1. The predicted octanol–water partition coefficient (Wildman–Crippen LogP) is 5.92. The van der Waals surface area contributed by atoms with Crippen LogP contribution in [0.1, 0.15) is 28.9 Å². The second-order valence-electron chi connectivity index (χ2n) is 11.2. The fourth-order valence-corrected chi connectivity index (χ4v) is 4.87. The number of nitrogens with one attached hydrogen (secondary N) is 2. The molecule has 0 bridgehead atoms. The summed E-state index contributed by atoms with van der Waals surface area (Å²) in [7, 11) is -1.20. The molecule has 2 N–H and O–H groups in total. The van der Waals surface area contributed by atoms with Gasteiger partial charge in [-0.1, -0.05) is 43.6 Å². The van der Waals surface area contributed by atoms with Gasteiger partial charge in [-0.05, 0) is 61.4 Å². The largest absolute Gasteiger partial charge is 0.360 e. The molecule has 2 aromatic heterocycles. The molecule has 1 saturated carbocycles. The molecule has 0 radical (unpaired) electrons. The summed E-state index contributed by atoms with van der Waals surface area (Å²) in [5.41, 5.74) is 3.82. The summed E-state index contributed by atoms with van der Waals surface area (Å²) in [6.45, 7) is 8.42. The Bertz CT molecular complexity index is 1550. The number of hydrogen-bond donors (Lipinski definition) is 2. The van der Waals surface area contributed by atoms with Gasteiger partial charge in [-0.25, -0.2) is 9.36 Å². The molecule has 1 fully saturated rings. The van der Waals surface area contributed by atoms with Crippen LogP contribution in [0.25, 0.3) is 10.9 Å². The van der Waals surface area contributed by atoms with Crippen molar-refractivity contribution in [3.8, 4) is 11.8 Å². The number of benzene rings is 2. The molecule has 0 aliphatic heterocycles. The Morgan fingerprint density at radius 1 is 1.15 bits per heavy atom. The molecule has 0 saturated heterocycles. The van der Waals surface area contributed by atoms with Crippen molar-refractivity contribution in [2.45, 2.75) is 45.3 Å². The van der Waals surface area contributed by atoms with Gasteiger partial charge in [0, 0.05) is 44.1 Å². The van der Waals surface area contributed by atoms with E-state index in [1.54, 1.807) is 10.9 Å². The second-order valence-corrected chi connectivity index (χ2v) is 16.8. The molecule has 4 aromatic rings. The van der Waals surface area contributed by atoms with Crippen molar-refractivity contribution in [1.29, 1.82) is 0 Å². The molecular weight excluding hydrogens is 516 g/mol. The Morgan fingerprint density at radius 2 is 1.95 bits per heavy atom.